The molecule has 0 radical (unpaired) electrons. The predicted molar refractivity (Wildman–Crippen MR) is 119 cm³/mol. The molecule has 2 N–H and O–H groups in total. The number of carbonyl (C=O) groups excluding carboxylic acids is 1. The number of amides is 1. The van der Waals surface area contributed by atoms with Crippen LogP contribution in [0, 0.1) is 13.8 Å². The summed E-state index contributed by atoms with van der Waals surface area (Å²) in [6.07, 6.45) is -4.29. The Morgan fingerprint density at radius 3 is 2.49 bits per heavy atom. The summed E-state index contributed by atoms with van der Waals surface area (Å²) in [6.45, 7) is 4.83. The molecule has 1 aromatic carbocycles. The van der Waals surface area contributed by atoms with Crippen molar-refractivity contribution in [3.05, 3.63) is 52.0 Å². The molecule has 35 heavy (non-hydrogen) atoms. The number of aryl methyl sites for hydroxylation is 1. The second-order valence-electron chi connectivity index (χ2n) is 9.08. The minimum absolute atomic E-state index is 0.112. The van der Waals surface area contributed by atoms with E-state index in [1.807, 2.05) is 0 Å². The molecule has 2 heterocycles. The van der Waals surface area contributed by atoms with E-state index in [1.165, 1.54) is 13.0 Å². The molecular weight excluding hydrogens is 468 g/mol. The molecule has 1 unspecified atom stereocenters. The molecule has 1 saturated heterocycles. The van der Waals surface area contributed by atoms with E-state index in [-0.39, 0.29) is 17.9 Å². The van der Waals surface area contributed by atoms with Gasteiger partial charge in [0, 0.05) is 0 Å². The molecule has 190 valence electrons. The quantitative estimate of drug-likeness (QED) is 0.524. The molecule has 1 aliphatic carbocycles. The SMILES string of the molecule is Cc1nc(CC(=O)NC2(CF)CC2)c(C2OCCO2)c(NC(C)c2cccc(C(F)(F)F)c2C)n1. The second kappa shape index (κ2) is 9.69. The highest BCUT2D eigenvalue weighted by Gasteiger charge is 2.44. The Morgan fingerprint density at radius 1 is 1.20 bits per heavy atom. The fraction of sp³-hybridized carbons (Fsp3) is 0.542. The minimum atomic E-state index is -4.47. The molecule has 1 saturated carbocycles. The average Bonchev–Trinajstić information content (AvgIpc) is 3.33. The summed E-state index contributed by atoms with van der Waals surface area (Å²) in [4.78, 5) is 21.6. The highest BCUT2D eigenvalue weighted by molar-refractivity contribution is 5.80. The van der Waals surface area contributed by atoms with Crippen molar-refractivity contribution in [1.82, 2.24) is 15.3 Å². The van der Waals surface area contributed by atoms with E-state index in [0.29, 0.717) is 54.5 Å². The molecule has 1 amide bonds. The summed E-state index contributed by atoms with van der Waals surface area (Å²) in [6, 6.07) is 3.48. The monoisotopic (exact) mass is 496 g/mol. The number of nitrogens with one attached hydrogen (secondary N) is 2. The van der Waals surface area contributed by atoms with Crippen LogP contribution in [-0.4, -0.2) is 41.3 Å². The molecule has 2 aromatic rings. The number of benzene rings is 1. The van der Waals surface area contributed by atoms with E-state index in [4.69, 9.17) is 9.47 Å². The summed E-state index contributed by atoms with van der Waals surface area (Å²) in [5.41, 5.74) is -0.174. The maximum atomic E-state index is 13.4. The zero-order chi connectivity index (χ0) is 25.4. The van der Waals surface area contributed by atoms with Gasteiger partial charge in [0.05, 0.1) is 48.0 Å². The van der Waals surface area contributed by atoms with Crippen LogP contribution >= 0.6 is 0 Å². The standard InChI is InChI=1S/C24H28F4N4O3/c1-13-16(5-4-6-17(13)24(26,27)28)14(2)29-21-20(22-34-9-10-35-22)18(30-15(3)31-21)11-19(33)32-23(12-25)7-8-23/h4-6,14,22H,7-12H2,1-3H3,(H,32,33)(H,29,30,31). The van der Waals surface area contributed by atoms with Gasteiger partial charge in [0.1, 0.15) is 18.3 Å². The second-order valence-corrected chi connectivity index (χ2v) is 9.08. The van der Waals surface area contributed by atoms with Crippen LogP contribution in [0.15, 0.2) is 18.2 Å². The van der Waals surface area contributed by atoms with Gasteiger partial charge in [-0.25, -0.2) is 14.4 Å². The number of alkyl halides is 4. The normalized spacial score (nSPS) is 18.4. The van der Waals surface area contributed by atoms with Crippen LogP contribution in [0.2, 0.25) is 0 Å². The lowest BCUT2D eigenvalue weighted by Gasteiger charge is -2.24. The largest absolute Gasteiger partial charge is 0.416 e. The number of ether oxygens (including phenoxy) is 2. The lowest BCUT2D eigenvalue weighted by Crippen LogP contribution is -2.39. The third-order valence-electron chi connectivity index (χ3n) is 6.34. The minimum Gasteiger partial charge on any atom is -0.363 e. The molecule has 1 atom stereocenters. The van der Waals surface area contributed by atoms with Gasteiger partial charge in [-0.05, 0) is 50.8 Å². The maximum absolute atomic E-state index is 13.4. The maximum Gasteiger partial charge on any atom is 0.416 e. The number of carbonyl (C=O) groups is 1. The van der Waals surface area contributed by atoms with Crippen LogP contribution in [0.4, 0.5) is 23.4 Å². The molecule has 1 aliphatic heterocycles. The number of anilines is 1. The Kier molecular flexibility index (Phi) is 7.01. The predicted octanol–water partition coefficient (Wildman–Crippen LogP) is 4.49. The number of hydrogen-bond acceptors (Lipinski definition) is 6. The third-order valence-corrected chi connectivity index (χ3v) is 6.34. The van der Waals surface area contributed by atoms with Crippen LogP contribution in [0.1, 0.15) is 65.9 Å². The van der Waals surface area contributed by atoms with Crippen molar-refractivity contribution >= 4 is 11.7 Å². The van der Waals surface area contributed by atoms with Crippen molar-refractivity contribution in [2.24, 2.45) is 0 Å². The molecule has 0 bridgehead atoms. The summed E-state index contributed by atoms with van der Waals surface area (Å²) in [7, 11) is 0. The van der Waals surface area contributed by atoms with Crippen molar-refractivity contribution in [3.8, 4) is 0 Å². The van der Waals surface area contributed by atoms with Crippen LogP contribution in [0.25, 0.3) is 0 Å². The lowest BCUT2D eigenvalue weighted by atomic mass is 9.97. The third kappa shape index (κ3) is 5.56. The Labute approximate surface area is 200 Å². The smallest absolute Gasteiger partial charge is 0.363 e. The molecule has 4 rings (SSSR count). The Morgan fingerprint density at radius 2 is 1.89 bits per heavy atom. The van der Waals surface area contributed by atoms with Crippen molar-refractivity contribution in [2.75, 3.05) is 25.2 Å². The Bertz CT molecular complexity index is 1100. The van der Waals surface area contributed by atoms with Gasteiger partial charge in [-0.15, -0.1) is 0 Å². The molecule has 11 heteroatoms. The number of hydrogen-bond donors (Lipinski definition) is 2. The zero-order valence-corrected chi connectivity index (χ0v) is 19.8. The van der Waals surface area contributed by atoms with Gasteiger partial charge < -0.3 is 20.1 Å². The highest BCUT2D eigenvalue weighted by Crippen LogP contribution is 2.38. The van der Waals surface area contributed by atoms with Crippen molar-refractivity contribution in [2.45, 2.75) is 64.1 Å². The van der Waals surface area contributed by atoms with E-state index >= 15 is 0 Å². The highest BCUT2D eigenvalue weighted by atomic mass is 19.4. The number of aromatic nitrogens is 2. The van der Waals surface area contributed by atoms with Gasteiger partial charge >= 0.3 is 6.18 Å². The van der Waals surface area contributed by atoms with E-state index in [9.17, 15) is 22.4 Å². The summed E-state index contributed by atoms with van der Waals surface area (Å²) >= 11 is 0. The Balaban J connectivity index is 1.66. The molecule has 7 nitrogen and oxygen atoms in total. The van der Waals surface area contributed by atoms with Crippen LogP contribution in [-0.2, 0) is 26.9 Å². The molecule has 0 spiro atoms. The summed E-state index contributed by atoms with van der Waals surface area (Å²) in [5, 5.41) is 5.91. The van der Waals surface area contributed by atoms with Crippen LogP contribution in [0.5, 0.6) is 0 Å². The number of nitrogens with zero attached hydrogens (tertiary/aromatic N) is 2. The number of halogens is 4. The van der Waals surface area contributed by atoms with Crippen molar-refractivity contribution in [3.63, 3.8) is 0 Å². The van der Waals surface area contributed by atoms with Crippen molar-refractivity contribution < 1.29 is 31.8 Å². The topological polar surface area (TPSA) is 85.4 Å². The van der Waals surface area contributed by atoms with Crippen LogP contribution < -0.4 is 10.6 Å². The molecule has 2 aliphatic rings. The van der Waals surface area contributed by atoms with Gasteiger partial charge in [-0.1, -0.05) is 12.1 Å². The van der Waals surface area contributed by atoms with Gasteiger partial charge in [0.15, 0.2) is 6.29 Å². The zero-order valence-electron chi connectivity index (χ0n) is 19.8. The Hall–Kier alpha value is -2.79. The van der Waals surface area contributed by atoms with Gasteiger partial charge in [0.2, 0.25) is 5.91 Å². The first-order valence-electron chi connectivity index (χ1n) is 11.4. The molecular formula is C24H28F4N4O3. The molecule has 1 aromatic heterocycles. The van der Waals surface area contributed by atoms with Gasteiger partial charge in [0.25, 0.3) is 0 Å². The van der Waals surface area contributed by atoms with E-state index in [1.54, 1.807) is 19.9 Å². The number of rotatable bonds is 8. The fourth-order valence-corrected chi connectivity index (χ4v) is 4.30. The average molecular weight is 497 g/mol. The van der Waals surface area contributed by atoms with E-state index in [0.717, 1.165) is 6.07 Å². The van der Waals surface area contributed by atoms with Gasteiger partial charge in [-0.2, -0.15) is 13.2 Å². The van der Waals surface area contributed by atoms with E-state index < -0.39 is 36.3 Å². The van der Waals surface area contributed by atoms with E-state index in [2.05, 4.69) is 20.6 Å². The first-order chi connectivity index (χ1) is 16.5. The van der Waals surface area contributed by atoms with Crippen molar-refractivity contribution in [1.29, 1.82) is 0 Å². The fourth-order valence-electron chi connectivity index (χ4n) is 4.30. The summed E-state index contributed by atoms with van der Waals surface area (Å²) < 4.78 is 64.9. The lowest BCUT2D eigenvalue weighted by molar-refractivity contribution is -0.138. The first-order valence-corrected chi connectivity index (χ1v) is 11.4. The first kappa shape index (κ1) is 25.3. The molecule has 2 fully saturated rings. The van der Waals surface area contributed by atoms with Gasteiger partial charge in [-0.3, -0.25) is 4.79 Å². The summed E-state index contributed by atoms with van der Waals surface area (Å²) in [5.74, 6) is 0.282. The van der Waals surface area contributed by atoms with Crippen LogP contribution in [0.3, 0.4) is 0 Å².